The number of aryl methyl sites for hydroxylation is 1. The summed E-state index contributed by atoms with van der Waals surface area (Å²) in [4.78, 5) is 21.1. The van der Waals surface area contributed by atoms with E-state index >= 15 is 0 Å². The van der Waals surface area contributed by atoms with Crippen LogP contribution in [0.15, 0.2) is 59.8 Å². The van der Waals surface area contributed by atoms with Gasteiger partial charge in [-0.15, -0.1) is 4.68 Å². The second-order valence-corrected chi connectivity index (χ2v) is 5.52. The van der Waals surface area contributed by atoms with Gasteiger partial charge in [0.1, 0.15) is 5.75 Å². The van der Waals surface area contributed by atoms with Gasteiger partial charge >= 0.3 is 5.69 Å². The van der Waals surface area contributed by atoms with E-state index in [2.05, 4.69) is 15.1 Å². The van der Waals surface area contributed by atoms with Crippen LogP contribution in [0.4, 0.5) is 0 Å². The Morgan fingerprint density at radius 2 is 1.88 bits per heavy atom. The van der Waals surface area contributed by atoms with Gasteiger partial charge in [-0.3, -0.25) is 4.40 Å². The molecule has 0 aliphatic carbocycles. The molecule has 7 nitrogen and oxygen atoms in total. The van der Waals surface area contributed by atoms with E-state index in [9.17, 15) is 4.79 Å². The second-order valence-electron chi connectivity index (χ2n) is 5.52. The largest absolute Gasteiger partial charge is 0.497 e. The van der Waals surface area contributed by atoms with Crippen molar-refractivity contribution < 1.29 is 4.74 Å². The topological polar surface area (TPSA) is 74.3 Å². The molecule has 7 heteroatoms. The summed E-state index contributed by atoms with van der Waals surface area (Å²) in [7, 11) is 1.63. The highest BCUT2D eigenvalue weighted by molar-refractivity contribution is 5.74. The smallest absolute Gasteiger partial charge is 0.356 e. The third kappa shape index (κ3) is 2.46. The number of hydrogen-bond donors (Lipinski definition) is 0. The Morgan fingerprint density at radius 3 is 2.64 bits per heavy atom. The fourth-order valence-electron chi connectivity index (χ4n) is 2.86. The first-order valence-corrected chi connectivity index (χ1v) is 7.71. The van der Waals surface area contributed by atoms with Gasteiger partial charge in [0.05, 0.1) is 18.8 Å². The first-order chi connectivity index (χ1) is 12.2. The Kier molecular flexibility index (Phi) is 3.53. The van der Waals surface area contributed by atoms with Crippen molar-refractivity contribution >= 4 is 5.52 Å². The number of nitrogens with zero attached hydrogens (tertiary/aromatic N) is 5. The summed E-state index contributed by atoms with van der Waals surface area (Å²) < 4.78 is 8.09. The summed E-state index contributed by atoms with van der Waals surface area (Å²) in [5.41, 5.74) is 3.15. The highest BCUT2D eigenvalue weighted by Gasteiger charge is 2.14. The van der Waals surface area contributed by atoms with Gasteiger partial charge in [0.15, 0.2) is 0 Å². The summed E-state index contributed by atoms with van der Waals surface area (Å²) in [6.07, 6.45) is 4.78. The number of fused-ring (bicyclic) bond motifs is 1. The van der Waals surface area contributed by atoms with Gasteiger partial charge in [-0.2, -0.15) is 5.10 Å². The fourth-order valence-corrected chi connectivity index (χ4v) is 2.86. The van der Waals surface area contributed by atoms with Crippen molar-refractivity contribution in [2.45, 2.75) is 6.92 Å². The minimum atomic E-state index is -0.310. The predicted octanol–water partition coefficient (Wildman–Crippen LogP) is 2.26. The van der Waals surface area contributed by atoms with E-state index in [1.54, 1.807) is 36.2 Å². The maximum absolute atomic E-state index is 12.9. The summed E-state index contributed by atoms with van der Waals surface area (Å²) in [5.74, 6) is 1.01. The highest BCUT2D eigenvalue weighted by atomic mass is 16.5. The molecule has 3 aromatic heterocycles. The molecule has 25 heavy (non-hydrogen) atoms. The Labute approximate surface area is 143 Å². The second kappa shape index (κ2) is 5.86. The van der Waals surface area contributed by atoms with Gasteiger partial charge in [-0.1, -0.05) is 12.1 Å². The number of aromatic nitrogens is 5. The van der Waals surface area contributed by atoms with Crippen LogP contribution >= 0.6 is 0 Å². The molecule has 124 valence electrons. The Hall–Kier alpha value is -3.48. The average molecular weight is 333 g/mol. The lowest BCUT2D eigenvalue weighted by Gasteiger charge is -2.05. The van der Waals surface area contributed by atoms with Crippen LogP contribution < -0.4 is 10.4 Å². The van der Waals surface area contributed by atoms with Crippen molar-refractivity contribution in [3.63, 3.8) is 0 Å². The van der Waals surface area contributed by atoms with Crippen molar-refractivity contribution in [3.05, 3.63) is 71.2 Å². The third-order valence-electron chi connectivity index (χ3n) is 4.08. The molecule has 0 fully saturated rings. The van der Waals surface area contributed by atoms with Crippen molar-refractivity contribution in [3.8, 4) is 22.8 Å². The Morgan fingerprint density at radius 1 is 1.08 bits per heavy atom. The molecule has 0 saturated carbocycles. The molecule has 0 aliphatic rings. The molecule has 4 rings (SSSR count). The first kappa shape index (κ1) is 15.1. The molecular formula is C18H15N5O2. The monoisotopic (exact) mass is 333 g/mol. The molecule has 4 aromatic rings. The van der Waals surface area contributed by atoms with Gasteiger partial charge in [0.2, 0.25) is 0 Å². The minimum absolute atomic E-state index is 0.241. The van der Waals surface area contributed by atoms with Crippen LogP contribution in [0.3, 0.4) is 0 Å². The van der Waals surface area contributed by atoms with E-state index in [0.29, 0.717) is 5.52 Å². The van der Waals surface area contributed by atoms with Crippen LogP contribution in [0.25, 0.3) is 22.6 Å². The molecular weight excluding hydrogens is 318 g/mol. The van der Waals surface area contributed by atoms with Gasteiger partial charge in [0.25, 0.3) is 5.95 Å². The standard InChI is InChI=1S/C18H15N5O2/c1-12-16(13-5-3-6-15(9-13)25-2)10-14-11-21-23(18(24)22(12)14)17-19-7-4-8-20-17/h3-11H,1-2H3. The molecule has 0 spiro atoms. The van der Waals surface area contributed by atoms with Crippen LogP contribution in [0.2, 0.25) is 0 Å². The summed E-state index contributed by atoms with van der Waals surface area (Å²) in [6, 6.07) is 11.4. The maximum Gasteiger partial charge on any atom is 0.356 e. The average Bonchev–Trinajstić information content (AvgIpc) is 3.00. The van der Waals surface area contributed by atoms with Gasteiger partial charge < -0.3 is 4.74 Å². The fraction of sp³-hybridized carbons (Fsp3) is 0.111. The van der Waals surface area contributed by atoms with E-state index in [1.807, 2.05) is 37.3 Å². The van der Waals surface area contributed by atoms with E-state index in [4.69, 9.17) is 4.74 Å². The summed E-state index contributed by atoms with van der Waals surface area (Å²) in [5, 5.41) is 4.19. The van der Waals surface area contributed by atoms with Crippen molar-refractivity contribution in [2.24, 2.45) is 0 Å². The summed E-state index contributed by atoms with van der Waals surface area (Å²) in [6.45, 7) is 1.90. The number of ether oxygens (including phenoxy) is 1. The van der Waals surface area contributed by atoms with Gasteiger partial charge in [0, 0.05) is 23.7 Å². The lowest BCUT2D eigenvalue weighted by atomic mass is 10.1. The van der Waals surface area contributed by atoms with Crippen molar-refractivity contribution in [1.29, 1.82) is 0 Å². The molecule has 0 amide bonds. The SMILES string of the molecule is COc1cccc(-c2cc3cnn(-c4ncccn4)c(=O)n3c2C)c1. The molecule has 0 saturated heterocycles. The van der Waals surface area contributed by atoms with E-state index in [-0.39, 0.29) is 11.6 Å². The number of rotatable bonds is 3. The van der Waals surface area contributed by atoms with Crippen LogP contribution in [0.1, 0.15) is 5.69 Å². The number of hydrogen-bond acceptors (Lipinski definition) is 5. The number of methoxy groups -OCH3 is 1. The van der Waals surface area contributed by atoms with Crippen LogP contribution in [0, 0.1) is 6.92 Å². The molecule has 0 atom stereocenters. The van der Waals surface area contributed by atoms with E-state index < -0.39 is 0 Å². The van der Waals surface area contributed by atoms with Crippen molar-refractivity contribution in [1.82, 2.24) is 24.1 Å². The predicted molar refractivity (Wildman–Crippen MR) is 93.1 cm³/mol. The van der Waals surface area contributed by atoms with E-state index in [0.717, 1.165) is 22.6 Å². The molecule has 0 bridgehead atoms. The first-order valence-electron chi connectivity index (χ1n) is 7.71. The molecule has 0 unspecified atom stereocenters. The molecule has 1 aromatic carbocycles. The van der Waals surface area contributed by atoms with E-state index in [1.165, 1.54) is 4.68 Å². The quantitative estimate of drug-likeness (QED) is 0.575. The zero-order chi connectivity index (χ0) is 17.4. The number of benzene rings is 1. The summed E-state index contributed by atoms with van der Waals surface area (Å²) >= 11 is 0. The molecule has 0 radical (unpaired) electrons. The lowest BCUT2D eigenvalue weighted by molar-refractivity contribution is 0.415. The zero-order valence-corrected chi connectivity index (χ0v) is 13.7. The molecule has 0 aliphatic heterocycles. The zero-order valence-electron chi connectivity index (χ0n) is 13.7. The van der Waals surface area contributed by atoms with Gasteiger partial charge in [-0.05, 0) is 36.8 Å². The van der Waals surface area contributed by atoms with Crippen LogP contribution in [-0.2, 0) is 0 Å². The molecule has 3 heterocycles. The Balaban J connectivity index is 1.94. The van der Waals surface area contributed by atoms with Crippen molar-refractivity contribution in [2.75, 3.05) is 7.11 Å². The van der Waals surface area contributed by atoms with Crippen LogP contribution in [0.5, 0.6) is 5.75 Å². The minimum Gasteiger partial charge on any atom is -0.497 e. The maximum atomic E-state index is 12.9. The Bertz CT molecular complexity index is 1120. The molecule has 0 N–H and O–H groups in total. The third-order valence-corrected chi connectivity index (χ3v) is 4.08. The lowest BCUT2D eigenvalue weighted by Crippen LogP contribution is -2.29. The highest BCUT2D eigenvalue weighted by Crippen LogP contribution is 2.28. The normalized spacial score (nSPS) is 11.0. The van der Waals surface area contributed by atoms with Gasteiger partial charge in [-0.25, -0.2) is 14.8 Å². The van der Waals surface area contributed by atoms with Crippen LogP contribution in [-0.4, -0.2) is 31.3 Å².